The van der Waals surface area contributed by atoms with Crippen LogP contribution in [0, 0.1) is 0 Å². The molecule has 140 valence electrons. The maximum atomic E-state index is 12.1. The molecule has 0 bridgehead atoms. The molecule has 8 heteroatoms. The Morgan fingerprint density at radius 1 is 0.964 bits per heavy atom. The van der Waals surface area contributed by atoms with Crippen LogP contribution in [0.5, 0.6) is 0 Å². The van der Waals surface area contributed by atoms with Gasteiger partial charge in [-0.15, -0.1) is 0 Å². The number of carbonyl (C=O) groups is 1. The van der Waals surface area contributed by atoms with E-state index in [4.69, 9.17) is 0 Å². The number of hydrogen-bond acceptors (Lipinski definition) is 5. The van der Waals surface area contributed by atoms with E-state index in [0.29, 0.717) is 25.2 Å². The van der Waals surface area contributed by atoms with Crippen molar-refractivity contribution >= 4 is 5.91 Å². The largest absolute Gasteiger partial charge is 0.352 e. The molecular formula is C20H19N7O. The number of aromatic nitrogens is 6. The number of amides is 1. The lowest BCUT2D eigenvalue weighted by Crippen LogP contribution is -2.23. The number of nitrogens with one attached hydrogen (secondary N) is 1. The van der Waals surface area contributed by atoms with E-state index in [0.717, 1.165) is 16.8 Å². The minimum atomic E-state index is -0.00665. The molecule has 1 aromatic carbocycles. The maximum Gasteiger partial charge on any atom is 0.220 e. The summed E-state index contributed by atoms with van der Waals surface area (Å²) in [5.74, 6) is 0.677. The fourth-order valence-corrected chi connectivity index (χ4v) is 2.74. The highest BCUT2D eigenvalue weighted by Crippen LogP contribution is 2.09. The van der Waals surface area contributed by atoms with Crippen LogP contribution in [0.15, 0.2) is 73.7 Å². The second-order valence-electron chi connectivity index (χ2n) is 6.27. The molecule has 3 heterocycles. The lowest BCUT2D eigenvalue weighted by molar-refractivity contribution is -0.121. The molecule has 0 atom stereocenters. The summed E-state index contributed by atoms with van der Waals surface area (Å²) in [6.07, 6.45) is 9.57. The first-order valence-electron chi connectivity index (χ1n) is 8.93. The van der Waals surface area contributed by atoms with Crippen LogP contribution in [-0.2, 0) is 17.8 Å². The molecule has 0 aliphatic carbocycles. The standard InChI is InChI=1S/C20H19N7O/c28-20(9-7-17-12-24-26(13-17)18-4-2-1-3-5-18)23-11-16-6-8-19(22-10-16)27-15-21-14-25-27/h1-6,8,10,12-15H,7,9,11H2,(H,23,28). The van der Waals surface area contributed by atoms with E-state index in [-0.39, 0.29) is 5.91 Å². The van der Waals surface area contributed by atoms with E-state index >= 15 is 0 Å². The van der Waals surface area contributed by atoms with E-state index in [9.17, 15) is 4.79 Å². The average Bonchev–Trinajstić information content (AvgIpc) is 3.44. The van der Waals surface area contributed by atoms with Crippen LogP contribution in [0.25, 0.3) is 11.5 Å². The van der Waals surface area contributed by atoms with Crippen molar-refractivity contribution in [3.05, 3.63) is 84.8 Å². The summed E-state index contributed by atoms with van der Waals surface area (Å²) in [5, 5.41) is 11.3. The average molecular weight is 373 g/mol. The van der Waals surface area contributed by atoms with Crippen LogP contribution >= 0.6 is 0 Å². The van der Waals surface area contributed by atoms with Gasteiger partial charge in [0.05, 0.1) is 11.9 Å². The molecule has 1 N–H and O–H groups in total. The van der Waals surface area contributed by atoms with Gasteiger partial charge in [-0.25, -0.2) is 19.3 Å². The van der Waals surface area contributed by atoms with Gasteiger partial charge in [-0.1, -0.05) is 24.3 Å². The molecule has 0 aliphatic rings. The number of pyridine rings is 1. The Balaban J connectivity index is 1.25. The summed E-state index contributed by atoms with van der Waals surface area (Å²) in [4.78, 5) is 20.4. The van der Waals surface area contributed by atoms with E-state index in [1.165, 1.54) is 6.33 Å². The molecular weight excluding hydrogens is 354 g/mol. The summed E-state index contributed by atoms with van der Waals surface area (Å²) in [6, 6.07) is 13.6. The van der Waals surface area contributed by atoms with Crippen molar-refractivity contribution in [3.8, 4) is 11.5 Å². The first kappa shape index (κ1) is 17.6. The molecule has 0 saturated heterocycles. The van der Waals surface area contributed by atoms with Crippen LogP contribution in [0.4, 0.5) is 0 Å². The lowest BCUT2D eigenvalue weighted by atomic mass is 10.2. The van der Waals surface area contributed by atoms with Gasteiger partial charge in [-0.2, -0.15) is 10.2 Å². The Morgan fingerprint density at radius 3 is 2.61 bits per heavy atom. The predicted molar refractivity (Wildman–Crippen MR) is 103 cm³/mol. The summed E-state index contributed by atoms with van der Waals surface area (Å²) in [7, 11) is 0. The molecule has 0 saturated carbocycles. The van der Waals surface area contributed by atoms with Crippen molar-refractivity contribution in [2.24, 2.45) is 0 Å². The highest BCUT2D eigenvalue weighted by molar-refractivity contribution is 5.76. The van der Waals surface area contributed by atoms with E-state index in [1.807, 2.05) is 53.3 Å². The molecule has 3 aromatic heterocycles. The SMILES string of the molecule is O=C(CCc1cnn(-c2ccccc2)c1)NCc1ccc(-n2cncn2)nc1. The molecule has 0 unspecified atom stereocenters. The third-order valence-corrected chi connectivity index (χ3v) is 4.25. The highest BCUT2D eigenvalue weighted by Gasteiger charge is 2.06. The Kier molecular flexibility index (Phi) is 5.19. The molecule has 28 heavy (non-hydrogen) atoms. The summed E-state index contributed by atoms with van der Waals surface area (Å²) >= 11 is 0. The topological polar surface area (TPSA) is 90.5 Å². The third kappa shape index (κ3) is 4.29. The van der Waals surface area contributed by atoms with Gasteiger partial charge in [0.2, 0.25) is 5.91 Å². The Labute approximate surface area is 161 Å². The van der Waals surface area contributed by atoms with Crippen molar-refractivity contribution in [2.75, 3.05) is 0 Å². The van der Waals surface area contributed by atoms with Gasteiger partial charge in [-0.05, 0) is 35.7 Å². The number of aryl methyl sites for hydroxylation is 1. The highest BCUT2D eigenvalue weighted by atomic mass is 16.1. The fraction of sp³-hybridized carbons (Fsp3) is 0.150. The Bertz CT molecular complexity index is 1020. The lowest BCUT2D eigenvalue weighted by Gasteiger charge is -2.06. The fourth-order valence-electron chi connectivity index (χ4n) is 2.74. The van der Waals surface area contributed by atoms with Crippen LogP contribution in [0.3, 0.4) is 0 Å². The van der Waals surface area contributed by atoms with Gasteiger partial charge >= 0.3 is 0 Å². The first-order valence-corrected chi connectivity index (χ1v) is 8.93. The second-order valence-corrected chi connectivity index (χ2v) is 6.27. The summed E-state index contributed by atoms with van der Waals surface area (Å²) < 4.78 is 3.40. The molecule has 8 nitrogen and oxygen atoms in total. The summed E-state index contributed by atoms with van der Waals surface area (Å²) in [6.45, 7) is 0.437. The molecule has 1 amide bonds. The minimum Gasteiger partial charge on any atom is -0.352 e. The van der Waals surface area contributed by atoms with Crippen molar-refractivity contribution < 1.29 is 4.79 Å². The Morgan fingerprint density at radius 2 is 1.86 bits per heavy atom. The normalized spacial score (nSPS) is 10.7. The molecule has 0 fully saturated rings. The number of hydrogen-bond donors (Lipinski definition) is 1. The Hall–Kier alpha value is -3.81. The maximum absolute atomic E-state index is 12.1. The molecule has 4 aromatic rings. The number of nitrogens with zero attached hydrogens (tertiary/aromatic N) is 6. The van der Waals surface area contributed by atoms with Crippen LogP contribution < -0.4 is 5.32 Å². The van der Waals surface area contributed by atoms with Gasteiger partial charge < -0.3 is 5.32 Å². The van der Waals surface area contributed by atoms with Gasteiger partial charge in [0.25, 0.3) is 0 Å². The zero-order valence-corrected chi connectivity index (χ0v) is 15.1. The number of rotatable bonds is 7. The van der Waals surface area contributed by atoms with Crippen LogP contribution in [-0.4, -0.2) is 35.4 Å². The molecule has 0 spiro atoms. The van der Waals surface area contributed by atoms with Crippen molar-refractivity contribution in [1.82, 2.24) is 34.8 Å². The molecule has 0 radical (unpaired) electrons. The number of carbonyl (C=O) groups excluding carboxylic acids is 1. The molecule has 4 rings (SSSR count). The van der Waals surface area contributed by atoms with Crippen molar-refractivity contribution in [1.29, 1.82) is 0 Å². The van der Waals surface area contributed by atoms with Gasteiger partial charge in [0.1, 0.15) is 12.7 Å². The van der Waals surface area contributed by atoms with Crippen molar-refractivity contribution in [2.45, 2.75) is 19.4 Å². The number of para-hydroxylation sites is 1. The zero-order valence-electron chi connectivity index (χ0n) is 15.1. The first-order chi connectivity index (χ1) is 13.8. The van der Waals surface area contributed by atoms with Crippen LogP contribution in [0.2, 0.25) is 0 Å². The van der Waals surface area contributed by atoms with Crippen molar-refractivity contribution in [3.63, 3.8) is 0 Å². The smallest absolute Gasteiger partial charge is 0.220 e. The second kappa shape index (κ2) is 8.26. The quantitative estimate of drug-likeness (QED) is 0.536. The summed E-state index contributed by atoms with van der Waals surface area (Å²) in [5.41, 5.74) is 2.95. The predicted octanol–water partition coefficient (Wildman–Crippen LogP) is 2.10. The van der Waals surface area contributed by atoms with Crippen LogP contribution in [0.1, 0.15) is 17.5 Å². The van der Waals surface area contributed by atoms with E-state index in [1.54, 1.807) is 23.4 Å². The van der Waals surface area contributed by atoms with Gasteiger partial charge in [0, 0.05) is 25.4 Å². The van der Waals surface area contributed by atoms with Gasteiger partial charge in [0.15, 0.2) is 5.82 Å². The third-order valence-electron chi connectivity index (χ3n) is 4.25. The molecule has 0 aliphatic heterocycles. The van der Waals surface area contributed by atoms with E-state index < -0.39 is 0 Å². The minimum absolute atomic E-state index is 0.00665. The van der Waals surface area contributed by atoms with E-state index in [2.05, 4.69) is 25.5 Å². The monoisotopic (exact) mass is 373 g/mol. The van der Waals surface area contributed by atoms with Gasteiger partial charge in [-0.3, -0.25) is 4.79 Å². The zero-order chi connectivity index (χ0) is 19.2. The number of benzene rings is 1.